The molecule has 5 rings (SSSR count). The normalized spacial score (nSPS) is 12.0. The number of nitrogens with two attached hydrogens (primary N) is 1. The van der Waals surface area contributed by atoms with E-state index in [0.717, 1.165) is 28.7 Å². The van der Waals surface area contributed by atoms with E-state index in [9.17, 15) is 0 Å². The maximum absolute atomic E-state index is 6.55. The van der Waals surface area contributed by atoms with Gasteiger partial charge in [0, 0.05) is 52.5 Å². The van der Waals surface area contributed by atoms with Crippen LogP contribution >= 0.6 is 0 Å². The predicted molar refractivity (Wildman–Crippen MR) is 144 cm³/mol. The minimum Gasteiger partial charge on any atom is -0.398 e. The van der Waals surface area contributed by atoms with Crippen LogP contribution in [-0.4, -0.2) is 14.5 Å². The Labute approximate surface area is 201 Å². The van der Waals surface area contributed by atoms with Crippen LogP contribution in [0.15, 0.2) is 104 Å². The second kappa shape index (κ2) is 10.6. The topological polar surface area (TPSA) is 56.7 Å². The van der Waals surface area contributed by atoms with E-state index < -0.39 is 0 Å². The Balaban J connectivity index is 0.00000133. The van der Waals surface area contributed by atoms with E-state index >= 15 is 0 Å². The van der Waals surface area contributed by atoms with E-state index in [4.69, 9.17) is 5.73 Å². The van der Waals surface area contributed by atoms with Crippen molar-refractivity contribution in [3.63, 3.8) is 0 Å². The number of hydrogen-bond acceptors (Lipinski definition) is 3. The third kappa shape index (κ3) is 4.76. The molecule has 0 radical (unpaired) electrons. The van der Waals surface area contributed by atoms with Gasteiger partial charge in [-0.05, 0) is 67.4 Å². The van der Waals surface area contributed by atoms with Crippen molar-refractivity contribution in [3.8, 4) is 0 Å². The molecule has 3 aromatic heterocycles. The van der Waals surface area contributed by atoms with Gasteiger partial charge in [0.15, 0.2) is 0 Å². The average molecular weight is 447 g/mol. The summed E-state index contributed by atoms with van der Waals surface area (Å²) in [7, 11) is 0. The number of pyridine rings is 2. The molecule has 0 aliphatic heterocycles. The number of aryl methyl sites for hydroxylation is 1. The number of fused-ring (bicyclic) bond motifs is 3. The Morgan fingerprint density at radius 1 is 0.824 bits per heavy atom. The van der Waals surface area contributed by atoms with Crippen molar-refractivity contribution in [3.05, 3.63) is 120 Å². The van der Waals surface area contributed by atoms with Crippen LogP contribution in [0, 0.1) is 6.92 Å². The first-order chi connectivity index (χ1) is 16.7. The number of para-hydroxylation sites is 1. The molecule has 0 fully saturated rings. The van der Waals surface area contributed by atoms with E-state index in [-0.39, 0.29) is 0 Å². The monoisotopic (exact) mass is 446 g/mol. The van der Waals surface area contributed by atoms with Gasteiger partial charge in [0.2, 0.25) is 0 Å². The van der Waals surface area contributed by atoms with Crippen molar-refractivity contribution >= 4 is 33.2 Å². The van der Waals surface area contributed by atoms with Gasteiger partial charge in [-0.2, -0.15) is 0 Å². The molecule has 0 bridgehead atoms. The fraction of sp³-hybridized carbons (Fsp3) is 0.133. The number of allylic oxidation sites excluding steroid dienone is 3. The molecule has 3 heterocycles. The highest BCUT2D eigenvalue weighted by molar-refractivity contribution is 6.10. The van der Waals surface area contributed by atoms with Crippen molar-refractivity contribution < 1.29 is 0 Å². The predicted octanol–water partition coefficient (Wildman–Crippen LogP) is 7.00. The molecule has 4 heteroatoms. The van der Waals surface area contributed by atoms with Gasteiger partial charge in [-0.25, -0.2) is 0 Å². The first-order valence-electron chi connectivity index (χ1n) is 11.7. The summed E-state index contributed by atoms with van der Waals surface area (Å²) in [6.07, 6.45) is 12.2. The van der Waals surface area contributed by atoms with Crippen molar-refractivity contribution in [2.75, 3.05) is 0 Å². The number of aromatic nitrogens is 3. The number of nitrogens with zero attached hydrogens (tertiary/aromatic N) is 3. The molecule has 0 saturated carbocycles. The maximum Gasteiger partial charge on any atom is 0.0541 e. The molecule has 2 N–H and O–H groups in total. The van der Waals surface area contributed by atoms with Crippen molar-refractivity contribution in [2.45, 2.75) is 27.2 Å². The SMILES string of the molecule is CC.Cc1ccc2c(c1)c1ccccc1n2C(/C=C(\N)c1ccncc1)=C/Cc1ccncc1. The van der Waals surface area contributed by atoms with Crippen LogP contribution in [0.3, 0.4) is 0 Å². The Morgan fingerprint density at radius 2 is 1.47 bits per heavy atom. The van der Waals surface area contributed by atoms with Gasteiger partial charge in [-0.15, -0.1) is 0 Å². The summed E-state index contributed by atoms with van der Waals surface area (Å²) in [5.41, 5.74) is 14.0. The molecule has 4 nitrogen and oxygen atoms in total. The van der Waals surface area contributed by atoms with Crippen LogP contribution < -0.4 is 5.73 Å². The highest BCUT2D eigenvalue weighted by Crippen LogP contribution is 2.33. The van der Waals surface area contributed by atoms with Crippen LogP contribution in [0.25, 0.3) is 33.2 Å². The maximum atomic E-state index is 6.55. The smallest absolute Gasteiger partial charge is 0.0541 e. The van der Waals surface area contributed by atoms with E-state index in [1.165, 1.54) is 21.9 Å². The lowest BCUT2D eigenvalue weighted by Gasteiger charge is -2.12. The lowest BCUT2D eigenvalue weighted by molar-refractivity contribution is 1.17. The van der Waals surface area contributed by atoms with Gasteiger partial charge in [0.25, 0.3) is 0 Å². The number of rotatable bonds is 5. The molecule has 0 unspecified atom stereocenters. The average Bonchev–Trinajstić information content (AvgIpc) is 3.22. The summed E-state index contributed by atoms with van der Waals surface area (Å²) in [5, 5.41) is 2.48. The minimum absolute atomic E-state index is 0.700. The number of hydrogen-bond donors (Lipinski definition) is 1. The Kier molecular flexibility index (Phi) is 7.19. The largest absolute Gasteiger partial charge is 0.398 e. The molecule has 0 aliphatic carbocycles. The zero-order valence-electron chi connectivity index (χ0n) is 19.9. The summed E-state index contributed by atoms with van der Waals surface area (Å²) in [6.45, 7) is 6.13. The quantitative estimate of drug-likeness (QED) is 0.296. The number of benzene rings is 2. The van der Waals surface area contributed by atoms with Gasteiger partial charge >= 0.3 is 0 Å². The molecule has 170 valence electrons. The lowest BCUT2D eigenvalue weighted by Crippen LogP contribution is -2.01. The van der Waals surface area contributed by atoms with Crippen molar-refractivity contribution in [2.24, 2.45) is 5.73 Å². The third-order valence-corrected chi connectivity index (χ3v) is 5.70. The summed E-state index contributed by atoms with van der Waals surface area (Å²) < 4.78 is 2.30. The summed E-state index contributed by atoms with van der Waals surface area (Å²) >= 11 is 0. The Bertz CT molecular complexity index is 1450. The zero-order chi connectivity index (χ0) is 23.9. The Hall–Kier alpha value is -4.18. The molecule has 2 aromatic carbocycles. The zero-order valence-corrected chi connectivity index (χ0v) is 19.9. The van der Waals surface area contributed by atoms with Crippen LogP contribution in [0.1, 0.15) is 30.5 Å². The highest BCUT2D eigenvalue weighted by atomic mass is 15.0. The van der Waals surface area contributed by atoms with E-state index in [2.05, 4.69) is 76.1 Å². The summed E-state index contributed by atoms with van der Waals surface area (Å²) in [4.78, 5) is 8.25. The van der Waals surface area contributed by atoms with Gasteiger partial charge in [0.05, 0.1) is 11.0 Å². The molecule has 0 spiro atoms. The van der Waals surface area contributed by atoms with Crippen LogP contribution in [0.4, 0.5) is 0 Å². The van der Waals surface area contributed by atoms with Gasteiger partial charge in [0.1, 0.15) is 0 Å². The lowest BCUT2D eigenvalue weighted by atomic mass is 10.1. The second-order valence-corrected chi connectivity index (χ2v) is 7.90. The first kappa shape index (κ1) is 23.0. The molecular weight excluding hydrogens is 416 g/mol. The highest BCUT2D eigenvalue weighted by Gasteiger charge is 2.13. The first-order valence-corrected chi connectivity index (χ1v) is 11.7. The molecule has 0 aliphatic rings. The molecule has 34 heavy (non-hydrogen) atoms. The molecule has 0 saturated heterocycles. The van der Waals surface area contributed by atoms with Crippen LogP contribution in [0.2, 0.25) is 0 Å². The van der Waals surface area contributed by atoms with Crippen LogP contribution in [0.5, 0.6) is 0 Å². The van der Waals surface area contributed by atoms with E-state index in [1.54, 1.807) is 12.4 Å². The molecule has 0 amide bonds. The van der Waals surface area contributed by atoms with Crippen molar-refractivity contribution in [1.82, 2.24) is 14.5 Å². The molecule has 0 atom stereocenters. The Morgan fingerprint density at radius 3 is 2.21 bits per heavy atom. The van der Waals surface area contributed by atoms with E-state index in [1.807, 2.05) is 50.5 Å². The van der Waals surface area contributed by atoms with Gasteiger partial charge in [-0.3, -0.25) is 9.97 Å². The molecular formula is C30H30N4. The van der Waals surface area contributed by atoms with E-state index in [0.29, 0.717) is 5.70 Å². The second-order valence-electron chi connectivity index (χ2n) is 7.90. The van der Waals surface area contributed by atoms with Gasteiger partial charge in [-0.1, -0.05) is 49.8 Å². The van der Waals surface area contributed by atoms with Crippen molar-refractivity contribution in [1.29, 1.82) is 0 Å². The van der Waals surface area contributed by atoms with Gasteiger partial charge < -0.3 is 10.3 Å². The summed E-state index contributed by atoms with van der Waals surface area (Å²) in [5.74, 6) is 0. The minimum atomic E-state index is 0.700. The fourth-order valence-corrected chi connectivity index (χ4v) is 4.11. The third-order valence-electron chi connectivity index (χ3n) is 5.70. The standard InChI is InChI=1S/C28H24N4.C2H6/c1-20-6-9-28-25(18-20)24-4-2-3-5-27(24)32(28)23(8-7-21-10-14-30-15-11-21)19-26(29)22-12-16-31-17-13-22;1-2/h2-6,8-19H,7,29H2,1H3;1-2H3/b23-8+,26-19-;. The van der Waals surface area contributed by atoms with Crippen LogP contribution in [-0.2, 0) is 6.42 Å². The fourth-order valence-electron chi connectivity index (χ4n) is 4.11. The summed E-state index contributed by atoms with van der Waals surface area (Å²) in [6, 6.07) is 23.1. The molecule has 5 aromatic rings.